The molecule has 0 saturated heterocycles. The van der Waals surface area contributed by atoms with Crippen LogP contribution in [0.15, 0.2) is 18.2 Å². The lowest BCUT2D eigenvalue weighted by molar-refractivity contribution is -0.120. The monoisotopic (exact) mass is 257 g/mol. The number of nitrogens with one attached hydrogen (secondary N) is 1. The van der Waals surface area contributed by atoms with E-state index in [9.17, 15) is 4.79 Å². The van der Waals surface area contributed by atoms with Crippen molar-refractivity contribution in [2.45, 2.75) is 25.9 Å². The molecule has 4 nitrogen and oxygen atoms in total. The van der Waals surface area contributed by atoms with E-state index in [0.717, 1.165) is 0 Å². The van der Waals surface area contributed by atoms with Crippen LogP contribution in [0.4, 0.5) is 0 Å². The molecule has 1 aromatic carbocycles. The lowest BCUT2D eigenvalue weighted by Crippen LogP contribution is -2.27. The maximum absolute atomic E-state index is 11.5. The number of hydrogen-bond acceptors (Lipinski definition) is 3. The summed E-state index contributed by atoms with van der Waals surface area (Å²) in [4.78, 5) is 11.5. The molecule has 0 bridgehead atoms. The van der Waals surface area contributed by atoms with E-state index in [1.165, 1.54) is 12.1 Å². The van der Waals surface area contributed by atoms with Crippen LogP contribution < -0.4 is 5.32 Å². The summed E-state index contributed by atoms with van der Waals surface area (Å²) in [5.41, 5.74) is 0.666. The first-order valence-corrected chi connectivity index (χ1v) is 5.79. The largest absolute Gasteiger partial charge is 0.508 e. The second kappa shape index (κ2) is 6.47. The average Bonchev–Trinajstić information content (AvgIpc) is 2.21. The molecule has 0 aliphatic carbocycles. The molecule has 0 aromatic heterocycles. The van der Waals surface area contributed by atoms with Crippen molar-refractivity contribution >= 4 is 17.5 Å². The van der Waals surface area contributed by atoms with Crippen LogP contribution in [0, 0.1) is 0 Å². The van der Waals surface area contributed by atoms with Crippen LogP contribution in [0.2, 0.25) is 5.02 Å². The first kappa shape index (κ1) is 13.8. The SMILES string of the molecule is CC(O)CCNC(=O)Cc1ccc(O)cc1Cl. The number of halogens is 1. The second-order valence-corrected chi connectivity index (χ2v) is 4.35. The Morgan fingerprint density at radius 2 is 2.24 bits per heavy atom. The van der Waals surface area contributed by atoms with Gasteiger partial charge in [-0.25, -0.2) is 0 Å². The van der Waals surface area contributed by atoms with Crippen molar-refractivity contribution in [2.24, 2.45) is 0 Å². The molecule has 0 aliphatic rings. The highest BCUT2D eigenvalue weighted by atomic mass is 35.5. The molecule has 0 aliphatic heterocycles. The van der Waals surface area contributed by atoms with Crippen LogP contribution in [0.25, 0.3) is 0 Å². The Morgan fingerprint density at radius 3 is 2.82 bits per heavy atom. The van der Waals surface area contributed by atoms with Crippen molar-refractivity contribution in [3.05, 3.63) is 28.8 Å². The number of phenols is 1. The Kier molecular flexibility index (Phi) is 5.25. The van der Waals surface area contributed by atoms with Gasteiger partial charge in [0.2, 0.25) is 5.91 Å². The summed E-state index contributed by atoms with van der Waals surface area (Å²) in [5.74, 6) is -0.0773. The molecule has 5 heteroatoms. The highest BCUT2D eigenvalue weighted by molar-refractivity contribution is 6.31. The summed E-state index contributed by atoms with van der Waals surface area (Å²) in [6, 6.07) is 4.51. The average molecular weight is 258 g/mol. The summed E-state index contributed by atoms with van der Waals surface area (Å²) >= 11 is 5.88. The van der Waals surface area contributed by atoms with Gasteiger partial charge in [0.25, 0.3) is 0 Å². The second-order valence-electron chi connectivity index (χ2n) is 3.94. The number of phenolic OH excluding ortho intramolecular Hbond substituents is 1. The molecule has 1 rings (SSSR count). The Labute approximate surface area is 105 Å². The van der Waals surface area contributed by atoms with Gasteiger partial charge in [-0.05, 0) is 31.0 Å². The maximum atomic E-state index is 11.5. The molecule has 0 spiro atoms. The van der Waals surface area contributed by atoms with Gasteiger partial charge in [0.15, 0.2) is 0 Å². The Balaban J connectivity index is 2.45. The van der Waals surface area contributed by atoms with Gasteiger partial charge in [-0.15, -0.1) is 0 Å². The van der Waals surface area contributed by atoms with Crippen LogP contribution in [-0.4, -0.2) is 28.8 Å². The van der Waals surface area contributed by atoms with Crippen LogP contribution in [0.5, 0.6) is 5.75 Å². The molecular weight excluding hydrogens is 242 g/mol. The molecule has 1 amide bonds. The third kappa shape index (κ3) is 5.06. The number of aliphatic hydroxyl groups excluding tert-OH is 1. The summed E-state index contributed by atoms with van der Waals surface area (Å²) in [7, 11) is 0. The van der Waals surface area contributed by atoms with E-state index in [4.69, 9.17) is 21.8 Å². The molecule has 1 unspecified atom stereocenters. The topological polar surface area (TPSA) is 69.6 Å². The number of benzene rings is 1. The van der Waals surface area contributed by atoms with Gasteiger partial charge in [-0.1, -0.05) is 17.7 Å². The van der Waals surface area contributed by atoms with Crippen LogP contribution in [0.3, 0.4) is 0 Å². The fourth-order valence-electron chi connectivity index (χ4n) is 1.34. The number of aliphatic hydroxyl groups is 1. The number of carbonyl (C=O) groups excluding carboxylic acids is 1. The molecule has 3 N–H and O–H groups in total. The third-order valence-electron chi connectivity index (χ3n) is 2.27. The lowest BCUT2D eigenvalue weighted by atomic mass is 10.1. The summed E-state index contributed by atoms with van der Waals surface area (Å²) in [5, 5.41) is 21.2. The quantitative estimate of drug-likeness (QED) is 0.748. The minimum absolute atomic E-state index is 0.0771. The van der Waals surface area contributed by atoms with Crippen molar-refractivity contribution in [2.75, 3.05) is 6.54 Å². The van der Waals surface area contributed by atoms with Crippen LogP contribution >= 0.6 is 11.6 Å². The Morgan fingerprint density at radius 1 is 1.53 bits per heavy atom. The zero-order valence-corrected chi connectivity index (χ0v) is 10.4. The first-order chi connectivity index (χ1) is 7.99. The van der Waals surface area contributed by atoms with Crippen molar-refractivity contribution in [3.8, 4) is 5.75 Å². The highest BCUT2D eigenvalue weighted by Crippen LogP contribution is 2.21. The molecular formula is C12H16ClNO3. The van der Waals surface area contributed by atoms with Crippen molar-refractivity contribution in [1.29, 1.82) is 0 Å². The Hall–Kier alpha value is -1.26. The summed E-state index contributed by atoms with van der Waals surface area (Å²) in [6.07, 6.45) is 0.265. The lowest BCUT2D eigenvalue weighted by Gasteiger charge is -2.08. The minimum Gasteiger partial charge on any atom is -0.508 e. The number of rotatable bonds is 5. The fraction of sp³-hybridized carbons (Fsp3) is 0.417. The van der Waals surface area contributed by atoms with E-state index in [2.05, 4.69) is 5.32 Å². The van der Waals surface area contributed by atoms with E-state index in [-0.39, 0.29) is 18.1 Å². The van der Waals surface area contributed by atoms with E-state index in [0.29, 0.717) is 23.6 Å². The highest BCUT2D eigenvalue weighted by Gasteiger charge is 2.07. The third-order valence-corrected chi connectivity index (χ3v) is 2.62. The zero-order chi connectivity index (χ0) is 12.8. The molecule has 0 radical (unpaired) electrons. The molecule has 17 heavy (non-hydrogen) atoms. The molecule has 0 fully saturated rings. The molecule has 1 atom stereocenters. The van der Waals surface area contributed by atoms with Gasteiger partial charge in [-0.2, -0.15) is 0 Å². The smallest absolute Gasteiger partial charge is 0.224 e. The summed E-state index contributed by atoms with van der Waals surface area (Å²) in [6.45, 7) is 2.11. The molecule has 0 saturated carbocycles. The number of aromatic hydroxyl groups is 1. The van der Waals surface area contributed by atoms with E-state index in [1.54, 1.807) is 13.0 Å². The van der Waals surface area contributed by atoms with Gasteiger partial charge in [0.1, 0.15) is 5.75 Å². The summed E-state index contributed by atoms with van der Waals surface area (Å²) < 4.78 is 0. The number of hydrogen-bond donors (Lipinski definition) is 3. The normalized spacial score (nSPS) is 12.2. The van der Waals surface area contributed by atoms with Crippen molar-refractivity contribution in [1.82, 2.24) is 5.32 Å². The van der Waals surface area contributed by atoms with Crippen LogP contribution in [-0.2, 0) is 11.2 Å². The predicted molar refractivity (Wildman–Crippen MR) is 66.1 cm³/mol. The van der Waals surface area contributed by atoms with Gasteiger partial charge in [0, 0.05) is 11.6 Å². The van der Waals surface area contributed by atoms with E-state index >= 15 is 0 Å². The van der Waals surface area contributed by atoms with Crippen molar-refractivity contribution in [3.63, 3.8) is 0 Å². The minimum atomic E-state index is -0.424. The van der Waals surface area contributed by atoms with Crippen LogP contribution in [0.1, 0.15) is 18.9 Å². The molecule has 1 aromatic rings. The predicted octanol–water partition coefficient (Wildman–Crippen LogP) is 1.48. The zero-order valence-electron chi connectivity index (χ0n) is 9.61. The standard InChI is InChI=1S/C12H16ClNO3/c1-8(15)4-5-14-12(17)6-9-2-3-10(16)7-11(9)13/h2-3,7-8,15-16H,4-6H2,1H3,(H,14,17). The first-order valence-electron chi connectivity index (χ1n) is 5.41. The van der Waals surface area contributed by atoms with Gasteiger partial charge in [-0.3, -0.25) is 4.79 Å². The van der Waals surface area contributed by atoms with E-state index in [1.807, 2.05) is 0 Å². The van der Waals surface area contributed by atoms with E-state index < -0.39 is 6.10 Å². The maximum Gasteiger partial charge on any atom is 0.224 e. The van der Waals surface area contributed by atoms with Gasteiger partial charge in [0.05, 0.1) is 12.5 Å². The van der Waals surface area contributed by atoms with Gasteiger partial charge >= 0.3 is 0 Å². The van der Waals surface area contributed by atoms with Gasteiger partial charge < -0.3 is 15.5 Å². The van der Waals surface area contributed by atoms with Crippen molar-refractivity contribution < 1.29 is 15.0 Å². The molecule has 94 valence electrons. The number of amides is 1. The Bertz CT molecular complexity index is 393. The number of carbonyl (C=O) groups is 1. The molecule has 0 heterocycles. The fourth-order valence-corrected chi connectivity index (χ4v) is 1.58.